The minimum absolute atomic E-state index is 0.178. The molecule has 1 heterocycles. The van der Waals surface area contributed by atoms with Crippen LogP contribution < -0.4 is 5.32 Å². The number of rotatable bonds is 3. The molecule has 2 rings (SSSR count). The number of nitrogens with zero attached hydrogens (tertiary/aromatic N) is 2. The average molecular weight is 278 g/mol. The molecule has 1 aromatic carbocycles. The van der Waals surface area contributed by atoms with Gasteiger partial charge in [0.1, 0.15) is 5.69 Å². The van der Waals surface area contributed by atoms with E-state index in [1.807, 2.05) is 32.9 Å². The summed E-state index contributed by atoms with van der Waals surface area (Å²) in [6.45, 7) is 6.40. The van der Waals surface area contributed by atoms with Gasteiger partial charge in [0.25, 0.3) is 5.91 Å². The van der Waals surface area contributed by atoms with E-state index in [1.165, 1.54) is 0 Å². The summed E-state index contributed by atoms with van der Waals surface area (Å²) in [6.07, 6.45) is 0. The van der Waals surface area contributed by atoms with Crippen LogP contribution in [0.15, 0.2) is 24.3 Å². The van der Waals surface area contributed by atoms with Crippen molar-refractivity contribution in [3.8, 4) is 0 Å². The number of aromatic nitrogens is 2. The van der Waals surface area contributed by atoms with Crippen molar-refractivity contribution < 1.29 is 4.79 Å². The molecule has 1 amide bonds. The van der Waals surface area contributed by atoms with E-state index in [2.05, 4.69) is 10.4 Å². The van der Waals surface area contributed by atoms with Crippen LogP contribution in [-0.2, 0) is 6.54 Å². The fraction of sp³-hybridized carbons (Fsp3) is 0.286. The molecule has 5 heteroatoms. The molecule has 0 aliphatic heterocycles. The molecule has 0 aliphatic rings. The largest absolute Gasteiger partial charge is 0.321 e. The monoisotopic (exact) mass is 277 g/mol. The minimum Gasteiger partial charge on any atom is -0.321 e. The molecular weight excluding hydrogens is 262 g/mol. The lowest BCUT2D eigenvalue weighted by molar-refractivity contribution is 0.101. The van der Waals surface area contributed by atoms with Gasteiger partial charge in [-0.2, -0.15) is 5.10 Å². The highest BCUT2D eigenvalue weighted by molar-refractivity contribution is 6.31. The number of nitrogens with one attached hydrogen (secondary N) is 1. The molecular formula is C14H16ClN3O. The molecule has 1 aromatic heterocycles. The fourth-order valence-electron chi connectivity index (χ4n) is 1.84. The molecule has 0 bridgehead atoms. The zero-order chi connectivity index (χ0) is 14.0. The molecule has 0 saturated heterocycles. The van der Waals surface area contributed by atoms with E-state index in [9.17, 15) is 4.79 Å². The zero-order valence-electron chi connectivity index (χ0n) is 11.2. The number of aryl methyl sites for hydroxylation is 3. The molecule has 2 aromatic rings. The smallest absolute Gasteiger partial charge is 0.273 e. The van der Waals surface area contributed by atoms with Crippen LogP contribution >= 0.6 is 11.6 Å². The van der Waals surface area contributed by atoms with Crippen LogP contribution in [0.25, 0.3) is 0 Å². The van der Waals surface area contributed by atoms with E-state index in [0.717, 1.165) is 11.3 Å². The van der Waals surface area contributed by atoms with Crippen molar-refractivity contribution in [1.82, 2.24) is 9.78 Å². The number of hydrogen-bond acceptors (Lipinski definition) is 2. The van der Waals surface area contributed by atoms with Crippen LogP contribution in [-0.4, -0.2) is 15.7 Å². The molecule has 0 fully saturated rings. The quantitative estimate of drug-likeness (QED) is 0.934. The molecule has 1 N–H and O–H groups in total. The lowest BCUT2D eigenvalue weighted by atomic mass is 10.2. The van der Waals surface area contributed by atoms with Crippen LogP contribution in [0.5, 0.6) is 0 Å². The predicted molar refractivity (Wildman–Crippen MR) is 76.8 cm³/mol. The van der Waals surface area contributed by atoms with Gasteiger partial charge in [-0.05, 0) is 44.5 Å². The summed E-state index contributed by atoms with van der Waals surface area (Å²) in [5.74, 6) is -0.178. The van der Waals surface area contributed by atoms with E-state index in [-0.39, 0.29) is 5.91 Å². The van der Waals surface area contributed by atoms with Crippen molar-refractivity contribution in [3.63, 3.8) is 0 Å². The SMILES string of the molecule is CCn1nc(C)cc1C(=O)Nc1ccc(C)c(Cl)c1. The van der Waals surface area contributed by atoms with Gasteiger partial charge in [-0.15, -0.1) is 0 Å². The third kappa shape index (κ3) is 2.96. The lowest BCUT2D eigenvalue weighted by Crippen LogP contribution is -2.17. The third-order valence-corrected chi connectivity index (χ3v) is 3.27. The Kier molecular flexibility index (Phi) is 3.90. The van der Waals surface area contributed by atoms with Crippen LogP contribution in [0.1, 0.15) is 28.7 Å². The van der Waals surface area contributed by atoms with Crippen molar-refractivity contribution in [2.24, 2.45) is 0 Å². The van der Waals surface area contributed by atoms with Gasteiger partial charge in [0, 0.05) is 17.3 Å². The van der Waals surface area contributed by atoms with E-state index in [1.54, 1.807) is 16.8 Å². The van der Waals surface area contributed by atoms with Gasteiger partial charge in [0.2, 0.25) is 0 Å². The third-order valence-electron chi connectivity index (χ3n) is 2.86. The molecule has 0 aliphatic carbocycles. The van der Waals surface area contributed by atoms with Crippen LogP contribution in [0, 0.1) is 13.8 Å². The highest BCUT2D eigenvalue weighted by atomic mass is 35.5. The van der Waals surface area contributed by atoms with Crippen LogP contribution in [0.3, 0.4) is 0 Å². The fourth-order valence-corrected chi connectivity index (χ4v) is 2.02. The number of carbonyl (C=O) groups is 1. The summed E-state index contributed by atoms with van der Waals surface area (Å²) in [5.41, 5.74) is 3.04. The second-order valence-electron chi connectivity index (χ2n) is 4.40. The Morgan fingerprint density at radius 2 is 2.11 bits per heavy atom. The van der Waals surface area contributed by atoms with Gasteiger partial charge in [0.05, 0.1) is 5.69 Å². The van der Waals surface area contributed by atoms with Gasteiger partial charge in [-0.3, -0.25) is 9.48 Å². The maximum Gasteiger partial charge on any atom is 0.273 e. The Bertz CT molecular complexity index is 619. The molecule has 0 saturated carbocycles. The first kappa shape index (κ1) is 13.6. The number of carbonyl (C=O) groups excluding carboxylic acids is 1. The summed E-state index contributed by atoms with van der Waals surface area (Å²) in [4.78, 5) is 12.2. The first-order valence-electron chi connectivity index (χ1n) is 6.13. The highest BCUT2D eigenvalue weighted by Crippen LogP contribution is 2.20. The molecule has 0 unspecified atom stereocenters. The minimum atomic E-state index is -0.178. The van der Waals surface area contributed by atoms with Gasteiger partial charge in [-0.25, -0.2) is 0 Å². The highest BCUT2D eigenvalue weighted by Gasteiger charge is 2.13. The Balaban J connectivity index is 2.22. The first-order valence-corrected chi connectivity index (χ1v) is 6.51. The second-order valence-corrected chi connectivity index (χ2v) is 4.81. The predicted octanol–water partition coefficient (Wildman–Crippen LogP) is 3.43. The number of hydrogen-bond donors (Lipinski definition) is 1. The Hall–Kier alpha value is -1.81. The number of halogens is 1. The number of amides is 1. The Morgan fingerprint density at radius 3 is 2.74 bits per heavy atom. The van der Waals surface area contributed by atoms with Gasteiger partial charge in [-0.1, -0.05) is 17.7 Å². The van der Waals surface area contributed by atoms with Crippen molar-refractivity contribution >= 4 is 23.2 Å². The molecule has 100 valence electrons. The topological polar surface area (TPSA) is 46.9 Å². The molecule has 4 nitrogen and oxygen atoms in total. The molecule has 19 heavy (non-hydrogen) atoms. The standard InChI is InChI=1S/C14H16ClN3O/c1-4-18-13(7-10(3)17-18)14(19)16-11-6-5-9(2)12(15)8-11/h5-8H,4H2,1-3H3,(H,16,19). The number of benzene rings is 1. The molecule has 0 atom stereocenters. The van der Waals surface area contributed by atoms with Crippen molar-refractivity contribution in [3.05, 3.63) is 46.2 Å². The summed E-state index contributed by atoms with van der Waals surface area (Å²) < 4.78 is 1.68. The Labute approximate surface area is 117 Å². The van der Waals surface area contributed by atoms with Crippen molar-refractivity contribution in [2.45, 2.75) is 27.3 Å². The summed E-state index contributed by atoms with van der Waals surface area (Å²) in [7, 11) is 0. The van der Waals surface area contributed by atoms with Gasteiger partial charge >= 0.3 is 0 Å². The van der Waals surface area contributed by atoms with Gasteiger partial charge in [0.15, 0.2) is 0 Å². The van der Waals surface area contributed by atoms with Gasteiger partial charge < -0.3 is 5.32 Å². The van der Waals surface area contributed by atoms with E-state index in [4.69, 9.17) is 11.6 Å². The summed E-state index contributed by atoms with van der Waals surface area (Å²) >= 11 is 6.04. The summed E-state index contributed by atoms with van der Waals surface area (Å²) in [6, 6.07) is 7.22. The zero-order valence-corrected chi connectivity index (χ0v) is 12.0. The lowest BCUT2D eigenvalue weighted by Gasteiger charge is -2.07. The molecule has 0 spiro atoms. The first-order chi connectivity index (χ1) is 9.01. The van der Waals surface area contributed by atoms with E-state index in [0.29, 0.717) is 22.9 Å². The van der Waals surface area contributed by atoms with E-state index < -0.39 is 0 Å². The second kappa shape index (κ2) is 5.45. The number of anilines is 1. The normalized spacial score (nSPS) is 10.5. The average Bonchev–Trinajstić information content (AvgIpc) is 2.75. The van der Waals surface area contributed by atoms with E-state index >= 15 is 0 Å². The Morgan fingerprint density at radius 1 is 1.37 bits per heavy atom. The maximum atomic E-state index is 12.2. The van der Waals surface area contributed by atoms with Crippen LogP contribution in [0.2, 0.25) is 5.02 Å². The maximum absolute atomic E-state index is 12.2. The van der Waals surface area contributed by atoms with Crippen LogP contribution in [0.4, 0.5) is 5.69 Å². The van der Waals surface area contributed by atoms with Crippen molar-refractivity contribution in [2.75, 3.05) is 5.32 Å². The summed E-state index contributed by atoms with van der Waals surface area (Å²) in [5, 5.41) is 7.72. The van der Waals surface area contributed by atoms with Crippen molar-refractivity contribution in [1.29, 1.82) is 0 Å². The molecule has 0 radical (unpaired) electrons.